The van der Waals surface area contributed by atoms with Crippen LogP contribution in [-0.4, -0.2) is 49.5 Å². The third-order valence-electron chi connectivity index (χ3n) is 10.5. The molecule has 0 amide bonds. The summed E-state index contributed by atoms with van der Waals surface area (Å²) >= 11 is 0. The van der Waals surface area contributed by atoms with E-state index < -0.39 is 15.4 Å². The second kappa shape index (κ2) is 9.60. The quantitative estimate of drug-likeness (QED) is 0.476. The lowest BCUT2D eigenvalue weighted by atomic mass is 9.51. The number of aliphatic hydroxyl groups is 1. The highest BCUT2D eigenvalue weighted by atomic mass is 32.2. The molecule has 40 heavy (non-hydrogen) atoms. The lowest BCUT2D eigenvalue weighted by molar-refractivity contribution is -0.114. The summed E-state index contributed by atoms with van der Waals surface area (Å²) in [6, 6.07) is 8.73. The summed E-state index contributed by atoms with van der Waals surface area (Å²) in [7, 11) is -2.93. The fourth-order valence-electron chi connectivity index (χ4n) is 8.35. The van der Waals surface area contributed by atoms with Crippen molar-refractivity contribution in [3.63, 3.8) is 0 Å². The van der Waals surface area contributed by atoms with Gasteiger partial charge in [0.15, 0.2) is 15.6 Å². The Hall–Kier alpha value is -2.36. The maximum atomic E-state index is 12.3. The van der Waals surface area contributed by atoms with Crippen LogP contribution in [0.25, 0.3) is 0 Å². The maximum absolute atomic E-state index is 12.3. The second-order valence-electron chi connectivity index (χ2n) is 14.1. The van der Waals surface area contributed by atoms with Gasteiger partial charge in [0.2, 0.25) is 0 Å². The van der Waals surface area contributed by atoms with E-state index in [1.54, 1.807) is 0 Å². The van der Waals surface area contributed by atoms with Crippen LogP contribution < -0.4 is 4.90 Å². The maximum Gasteiger partial charge on any atom is 0.156 e. The van der Waals surface area contributed by atoms with Gasteiger partial charge in [0.05, 0.1) is 11.5 Å². The van der Waals surface area contributed by atoms with Gasteiger partial charge in [-0.1, -0.05) is 36.5 Å². The zero-order valence-electron chi connectivity index (χ0n) is 24.4. The van der Waals surface area contributed by atoms with Gasteiger partial charge in [-0.3, -0.25) is 4.79 Å². The van der Waals surface area contributed by atoms with Crippen LogP contribution in [0.3, 0.4) is 0 Å². The van der Waals surface area contributed by atoms with Crippen molar-refractivity contribution >= 4 is 21.3 Å². The van der Waals surface area contributed by atoms with E-state index in [2.05, 4.69) is 68.7 Å². The molecule has 4 aliphatic carbocycles. The van der Waals surface area contributed by atoms with Crippen molar-refractivity contribution in [2.75, 3.05) is 29.5 Å². The molecule has 1 aliphatic heterocycles. The van der Waals surface area contributed by atoms with Crippen LogP contribution >= 0.6 is 0 Å². The van der Waals surface area contributed by atoms with Gasteiger partial charge in [-0.05, 0) is 106 Å². The average Bonchev–Trinajstić information content (AvgIpc) is 3.17. The number of allylic oxidation sites excluding steroid dienone is 4. The summed E-state index contributed by atoms with van der Waals surface area (Å²) in [5, 5.41) is 12.2. The smallest absolute Gasteiger partial charge is 0.156 e. The molecule has 1 heterocycles. The molecule has 1 aromatic carbocycles. The molecule has 1 N–H and O–H groups in total. The minimum Gasteiger partial charge on any atom is -0.377 e. The molecule has 5 nitrogen and oxygen atoms in total. The monoisotopic (exact) mass is 561 g/mol. The first-order chi connectivity index (χ1) is 18.8. The van der Waals surface area contributed by atoms with Crippen LogP contribution in [0.5, 0.6) is 0 Å². The number of rotatable bonds is 2. The molecule has 0 aromatic heterocycles. The topological polar surface area (TPSA) is 74.7 Å². The van der Waals surface area contributed by atoms with Gasteiger partial charge < -0.3 is 10.0 Å². The van der Waals surface area contributed by atoms with E-state index >= 15 is 0 Å². The van der Waals surface area contributed by atoms with Crippen LogP contribution in [-0.2, 0) is 14.6 Å². The summed E-state index contributed by atoms with van der Waals surface area (Å²) in [6.45, 7) is 9.65. The molecule has 5 atom stereocenters. The molecule has 214 valence electrons. The molecule has 0 bridgehead atoms. The minimum absolute atomic E-state index is 0.162. The van der Waals surface area contributed by atoms with Crippen LogP contribution in [0.4, 0.5) is 5.69 Å². The second-order valence-corrected chi connectivity index (χ2v) is 16.4. The molecular weight excluding hydrogens is 518 g/mol. The number of carbonyl (C=O) groups excluding carboxylic acids is 1. The van der Waals surface area contributed by atoms with Crippen molar-refractivity contribution < 1.29 is 18.3 Å². The normalized spacial score (nSPS) is 35.2. The lowest BCUT2D eigenvalue weighted by Gasteiger charge is -2.53. The molecule has 5 aliphatic rings. The number of nitrogens with zero attached hydrogens (tertiary/aromatic N) is 1. The number of carbonyl (C=O) groups is 1. The van der Waals surface area contributed by atoms with Gasteiger partial charge in [0.25, 0.3) is 0 Å². The molecular formula is C34H43NO4S. The Labute approximate surface area is 240 Å². The fraction of sp³-hybridized carbons (Fsp3) is 0.618. The highest BCUT2D eigenvalue weighted by molar-refractivity contribution is 7.91. The third-order valence-corrected chi connectivity index (χ3v) is 12.1. The molecule has 1 saturated heterocycles. The largest absolute Gasteiger partial charge is 0.377 e. The van der Waals surface area contributed by atoms with E-state index in [0.717, 1.165) is 37.8 Å². The Morgan fingerprint density at radius 3 is 2.40 bits per heavy atom. The average molecular weight is 562 g/mol. The van der Waals surface area contributed by atoms with Crippen molar-refractivity contribution in [3.8, 4) is 11.8 Å². The number of ketones is 1. The standard InChI is InChI=1S/C34H43NO4S/c1-32(2,3)15-16-34(37)14-13-30-28-11-7-24-21-26(36)10-12-27(24)31(28)29(22-33(30,34)4)23-5-8-25(9-6-23)35-17-19-40(38,39)20-18-35/h5-6,8-9,21,28-30,37H,7,10-14,17-20,22H2,1-4H3/t28-,29+,30-,33-,34+/m0/s1. The van der Waals surface area contributed by atoms with E-state index in [9.17, 15) is 18.3 Å². The van der Waals surface area contributed by atoms with Crippen LogP contribution in [0.2, 0.25) is 0 Å². The SMILES string of the molecule is CC(C)(C)C#C[C@]1(O)CC[C@H]2[C@@H]3CCC4=CC(=O)CCC4=C3[C@@H](c3ccc(N4CCS(=O)(=O)CC4)cc3)C[C@@]21C. The van der Waals surface area contributed by atoms with Gasteiger partial charge in [0, 0.05) is 41.9 Å². The van der Waals surface area contributed by atoms with Gasteiger partial charge in [-0.2, -0.15) is 0 Å². The summed E-state index contributed by atoms with van der Waals surface area (Å²) in [4.78, 5) is 14.5. The van der Waals surface area contributed by atoms with E-state index in [0.29, 0.717) is 37.8 Å². The van der Waals surface area contributed by atoms with E-state index in [1.165, 1.54) is 22.3 Å². The highest BCUT2D eigenvalue weighted by Gasteiger charge is 2.62. The van der Waals surface area contributed by atoms with Gasteiger partial charge in [0.1, 0.15) is 5.60 Å². The predicted molar refractivity (Wildman–Crippen MR) is 160 cm³/mol. The summed E-state index contributed by atoms with van der Waals surface area (Å²) in [6.07, 6.45) is 7.81. The molecule has 2 saturated carbocycles. The molecule has 3 fully saturated rings. The van der Waals surface area contributed by atoms with Gasteiger partial charge in [-0.15, -0.1) is 0 Å². The first-order valence-electron chi connectivity index (χ1n) is 15.1. The Morgan fingerprint density at radius 2 is 1.73 bits per heavy atom. The molecule has 6 heteroatoms. The Bertz CT molecular complexity index is 1440. The van der Waals surface area contributed by atoms with E-state index in [-0.39, 0.29) is 34.0 Å². The number of hydrogen-bond acceptors (Lipinski definition) is 5. The molecule has 1 aromatic rings. The number of hydrogen-bond donors (Lipinski definition) is 1. The molecule has 0 spiro atoms. The van der Waals surface area contributed by atoms with E-state index in [4.69, 9.17) is 0 Å². The number of benzene rings is 1. The summed E-state index contributed by atoms with van der Waals surface area (Å²) < 4.78 is 23.9. The van der Waals surface area contributed by atoms with Crippen molar-refractivity contribution in [1.82, 2.24) is 0 Å². The van der Waals surface area contributed by atoms with Gasteiger partial charge in [-0.25, -0.2) is 8.42 Å². The Kier molecular flexibility index (Phi) is 6.67. The van der Waals surface area contributed by atoms with Crippen LogP contribution in [0, 0.1) is 34.5 Å². The lowest BCUT2D eigenvalue weighted by Crippen LogP contribution is -2.51. The zero-order valence-corrected chi connectivity index (χ0v) is 25.2. The molecule has 0 unspecified atom stereocenters. The van der Waals surface area contributed by atoms with Crippen LogP contribution in [0.1, 0.15) is 84.1 Å². The first-order valence-corrected chi connectivity index (χ1v) is 16.9. The number of anilines is 1. The van der Waals surface area contributed by atoms with Crippen LogP contribution in [0.15, 0.2) is 47.1 Å². The van der Waals surface area contributed by atoms with Crippen molar-refractivity contribution in [1.29, 1.82) is 0 Å². The Balaban J connectivity index is 1.41. The highest BCUT2D eigenvalue weighted by Crippen LogP contribution is 2.66. The van der Waals surface area contributed by atoms with Gasteiger partial charge >= 0.3 is 0 Å². The molecule has 0 radical (unpaired) electrons. The fourth-order valence-corrected chi connectivity index (χ4v) is 9.55. The Morgan fingerprint density at radius 1 is 1.02 bits per heavy atom. The van der Waals surface area contributed by atoms with E-state index in [1.807, 2.05) is 6.08 Å². The molecule has 6 rings (SSSR count). The van der Waals surface area contributed by atoms with Crippen molar-refractivity contribution in [2.24, 2.45) is 22.7 Å². The minimum atomic E-state index is -2.93. The van der Waals surface area contributed by atoms with Crippen molar-refractivity contribution in [2.45, 2.75) is 84.2 Å². The first kappa shape index (κ1) is 27.8. The third kappa shape index (κ3) is 4.77. The summed E-state index contributed by atoms with van der Waals surface area (Å²) in [5.41, 5.74) is 4.96. The number of fused-ring (bicyclic) bond motifs is 4. The summed E-state index contributed by atoms with van der Waals surface area (Å²) in [5.74, 6) is 8.37. The predicted octanol–water partition coefficient (Wildman–Crippen LogP) is 5.60. The zero-order chi connectivity index (χ0) is 28.5. The number of sulfone groups is 1. The van der Waals surface area contributed by atoms with Crippen molar-refractivity contribution in [3.05, 3.63) is 52.6 Å².